The lowest BCUT2D eigenvalue weighted by Gasteiger charge is -2.59. The molecule has 0 aromatic carbocycles. The maximum Gasteiger partial charge on any atom is 0.166 e. The van der Waals surface area contributed by atoms with Crippen LogP contribution in [0.25, 0.3) is 0 Å². The number of Topliss-reactive ketones (excluding diaryl/α,β-unsaturated/α-hetero) is 1. The monoisotopic (exact) mass is 188 g/mol. The van der Waals surface area contributed by atoms with E-state index in [-0.39, 0.29) is 17.6 Å². The molecule has 68 valence electrons. The Bertz CT molecular complexity index is 352. The van der Waals surface area contributed by atoms with E-state index >= 15 is 0 Å². The Morgan fingerprint density at radius 2 is 1.83 bits per heavy atom. The molecule has 0 radical (unpaired) electrons. The predicted octanol–water partition coefficient (Wildman–Crippen LogP) is 0.397. The molecule has 2 rings (SSSR count). The van der Waals surface area contributed by atoms with Crippen LogP contribution in [-0.4, -0.2) is 24.2 Å². The summed E-state index contributed by atoms with van der Waals surface area (Å²) in [7, 11) is -3.13. The molecule has 1 saturated heterocycles. The van der Waals surface area contributed by atoms with E-state index in [4.69, 9.17) is 0 Å². The van der Waals surface area contributed by atoms with Gasteiger partial charge in [-0.05, 0) is 13.8 Å². The summed E-state index contributed by atoms with van der Waals surface area (Å²) in [5, 5.41) is -0.650. The van der Waals surface area contributed by atoms with Crippen molar-refractivity contribution in [2.45, 2.75) is 30.8 Å². The van der Waals surface area contributed by atoms with E-state index in [1.54, 1.807) is 13.8 Å². The summed E-state index contributed by atoms with van der Waals surface area (Å²) in [6, 6.07) is 0. The number of hydrogen-bond acceptors (Lipinski definition) is 3. The van der Waals surface area contributed by atoms with Gasteiger partial charge in [-0.3, -0.25) is 4.79 Å². The van der Waals surface area contributed by atoms with Gasteiger partial charge in [-0.2, -0.15) is 0 Å². The summed E-state index contributed by atoms with van der Waals surface area (Å²) in [5.41, 5.74) is 0. The highest BCUT2D eigenvalue weighted by Crippen LogP contribution is 2.57. The van der Waals surface area contributed by atoms with Gasteiger partial charge >= 0.3 is 0 Å². The number of fused-ring (bicyclic) bond motifs is 1. The van der Waals surface area contributed by atoms with Crippen molar-refractivity contribution in [1.82, 2.24) is 0 Å². The molecule has 0 aromatic rings. The van der Waals surface area contributed by atoms with Crippen molar-refractivity contribution in [3.63, 3.8) is 0 Å². The molecule has 1 aliphatic carbocycles. The summed E-state index contributed by atoms with van der Waals surface area (Å²) in [6.07, 6.45) is 0. The van der Waals surface area contributed by atoms with Crippen LogP contribution in [0.2, 0.25) is 0 Å². The molecular weight excluding hydrogens is 176 g/mol. The first-order chi connectivity index (χ1) is 5.32. The van der Waals surface area contributed by atoms with E-state index in [1.807, 2.05) is 6.92 Å². The van der Waals surface area contributed by atoms with E-state index < -0.39 is 19.8 Å². The van der Waals surface area contributed by atoms with Crippen molar-refractivity contribution in [1.29, 1.82) is 0 Å². The molecule has 2 aliphatic rings. The SMILES string of the molecule is C[C@@H]1C(=O)[C@H]2[C@@H]1C(C)(C)S2(=O)=O. The van der Waals surface area contributed by atoms with Crippen molar-refractivity contribution >= 4 is 15.6 Å². The average Bonchev–Trinajstić information content (AvgIpc) is 1.96. The molecule has 3 atom stereocenters. The second kappa shape index (κ2) is 1.76. The second-order valence-corrected chi connectivity index (χ2v) is 6.94. The zero-order valence-corrected chi connectivity index (χ0v) is 8.18. The predicted molar refractivity (Wildman–Crippen MR) is 44.4 cm³/mol. The van der Waals surface area contributed by atoms with Gasteiger partial charge in [0.05, 0.1) is 4.75 Å². The van der Waals surface area contributed by atoms with Crippen molar-refractivity contribution in [2.75, 3.05) is 0 Å². The summed E-state index contributed by atoms with van der Waals surface area (Å²) in [4.78, 5) is 11.1. The van der Waals surface area contributed by atoms with Crippen molar-refractivity contribution in [3.8, 4) is 0 Å². The van der Waals surface area contributed by atoms with Crippen molar-refractivity contribution in [3.05, 3.63) is 0 Å². The van der Waals surface area contributed by atoms with Gasteiger partial charge in [0.2, 0.25) is 0 Å². The van der Waals surface area contributed by atoms with E-state index in [9.17, 15) is 13.2 Å². The zero-order valence-electron chi connectivity index (χ0n) is 7.37. The van der Waals surface area contributed by atoms with Crippen LogP contribution >= 0.6 is 0 Å². The second-order valence-electron chi connectivity index (χ2n) is 4.29. The standard InChI is InChI=1S/C8H12O3S/c1-4-5-7(6(4)9)12(10,11)8(5,2)3/h4-5,7H,1-3H3/t4-,5+,7+/m0/s1. The first-order valence-corrected chi connectivity index (χ1v) is 5.63. The Morgan fingerprint density at radius 3 is 2.25 bits per heavy atom. The molecule has 4 heteroatoms. The molecule has 2 fully saturated rings. The third kappa shape index (κ3) is 0.533. The number of carbonyl (C=O) groups excluding carboxylic acids is 1. The Hall–Kier alpha value is -0.380. The zero-order chi connectivity index (χ0) is 9.31. The molecule has 12 heavy (non-hydrogen) atoms. The first-order valence-electron chi connectivity index (χ1n) is 4.09. The Balaban J connectivity index is 2.45. The van der Waals surface area contributed by atoms with E-state index in [0.717, 1.165) is 0 Å². The Kier molecular flexibility index (Phi) is 1.21. The van der Waals surface area contributed by atoms with Crippen molar-refractivity contribution < 1.29 is 13.2 Å². The number of hydrogen-bond donors (Lipinski definition) is 0. The lowest BCUT2D eigenvalue weighted by atomic mass is 9.65. The molecule has 3 nitrogen and oxygen atoms in total. The van der Waals surface area contributed by atoms with Gasteiger partial charge in [-0.25, -0.2) is 8.42 Å². The van der Waals surface area contributed by atoms with E-state index in [0.29, 0.717) is 0 Å². The Labute approximate surface area is 72.1 Å². The first kappa shape index (κ1) is 8.23. The van der Waals surface area contributed by atoms with Gasteiger partial charge in [0.1, 0.15) is 5.25 Å². The topological polar surface area (TPSA) is 51.2 Å². The van der Waals surface area contributed by atoms with Crippen molar-refractivity contribution in [2.24, 2.45) is 11.8 Å². The fraction of sp³-hybridized carbons (Fsp3) is 0.875. The molecule has 1 saturated carbocycles. The van der Waals surface area contributed by atoms with Crippen LogP contribution < -0.4 is 0 Å². The van der Waals surface area contributed by atoms with Gasteiger partial charge < -0.3 is 0 Å². The molecule has 0 spiro atoms. The highest BCUT2D eigenvalue weighted by molar-refractivity contribution is 7.95. The van der Waals surface area contributed by atoms with Gasteiger partial charge in [0.25, 0.3) is 0 Å². The number of ketones is 1. The highest BCUT2D eigenvalue weighted by atomic mass is 32.2. The largest absolute Gasteiger partial charge is 0.298 e. The lowest BCUT2D eigenvalue weighted by Crippen LogP contribution is -2.76. The van der Waals surface area contributed by atoms with Crippen LogP contribution in [0.3, 0.4) is 0 Å². The third-order valence-corrected chi connectivity index (χ3v) is 6.40. The van der Waals surface area contributed by atoms with Crippen LogP contribution in [-0.2, 0) is 14.6 Å². The molecule has 0 unspecified atom stereocenters. The summed E-state index contributed by atoms with van der Waals surface area (Å²) < 4.78 is 22.3. The highest BCUT2D eigenvalue weighted by Gasteiger charge is 2.73. The molecule has 0 N–H and O–H groups in total. The maximum absolute atomic E-state index is 11.5. The normalized spacial score (nSPS) is 47.2. The Morgan fingerprint density at radius 1 is 1.33 bits per heavy atom. The summed E-state index contributed by atoms with van der Waals surface area (Å²) >= 11 is 0. The molecule has 0 amide bonds. The number of carbonyl (C=O) groups is 1. The van der Waals surface area contributed by atoms with E-state index in [2.05, 4.69) is 0 Å². The summed E-state index contributed by atoms with van der Waals surface area (Å²) in [6.45, 7) is 5.25. The smallest absolute Gasteiger partial charge is 0.166 e. The minimum absolute atomic E-state index is 0.0477. The lowest BCUT2D eigenvalue weighted by molar-refractivity contribution is -0.135. The minimum Gasteiger partial charge on any atom is -0.298 e. The minimum atomic E-state index is -3.13. The van der Waals surface area contributed by atoms with Crippen LogP contribution in [0, 0.1) is 11.8 Å². The fourth-order valence-corrected chi connectivity index (χ4v) is 5.15. The molecular formula is C8H12O3S. The molecule has 0 aromatic heterocycles. The third-order valence-electron chi connectivity index (χ3n) is 3.46. The quantitative estimate of drug-likeness (QED) is 0.553. The van der Waals surface area contributed by atoms with Crippen LogP contribution in [0.1, 0.15) is 20.8 Å². The number of rotatable bonds is 0. The van der Waals surface area contributed by atoms with Gasteiger partial charge in [0, 0.05) is 11.8 Å². The van der Waals surface area contributed by atoms with Crippen LogP contribution in [0.15, 0.2) is 0 Å². The number of sulfone groups is 1. The average molecular weight is 188 g/mol. The molecule has 1 heterocycles. The maximum atomic E-state index is 11.5. The van der Waals surface area contributed by atoms with Gasteiger partial charge in [-0.15, -0.1) is 0 Å². The van der Waals surface area contributed by atoms with Crippen LogP contribution in [0.5, 0.6) is 0 Å². The van der Waals surface area contributed by atoms with Gasteiger partial charge in [0.15, 0.2) is 15.6 Å². The van der Waals surface area contributed by atoms with E-state index in [1.165, 1.54) is 0 Å². The molecule has 0 bridgehead atoms. The molecule has 1 aliphatic heterocycles. The summed E-state index contributed by atoms with van der Waals surface area (Å²) in [5.74, 6) is -0.0529. The van der Waals surface area contributed by atoms with Gasteiger partial charge in [-0.1, -0.05) is 6.92 Å². The fourth-order valence-electron chi connectivity index (χ4n) is 2.51. The van der Waals surface area contributed by atoms with Crippen LogP contribution in [0.4, 0.5) is 0 Å².